The van der Waals surface area contributed by atoms with E-state index in [1.165, 1.54) is 12.1 Å². The van der Waals surface area contributed by atoms with Crippen LogP contribution in [0.1, 0.15) is 22.7 Å². The van der Waals surface area contributed by atoms with Gasteiger partial charge in [-0.15, -0.1) is 0 Å². The zero-order valence-electron chi connectivity index (χ0n) is 18.7. The summed E-state index contributed by atoms with van der Waals surface area (Å²) in [6.07, 6.45) is -3.73. The van der Waals surface area contributed by atoms with E-state index in [9.17, 15) is 13.2 Å². The molecule has 0 bridgehead atoms. The van der Waals surface area contributed by atoms with E-state index in [0.29, 0.717) is 42.7 Å². The van der Waals surface area contributed by atoms with Crippen molar-refractivity contribution in [3.63, 3.8) is 0 Å². The second-order valence-electron chi connectivity index (χ2n) is 7.43. The molecule has 0 unspecified atom stereocenters. The SMILES string of the molecule is COCCNC(=S)N1CCc2cc(OC)c(OC)cc2[C@H]1COc1cccc(C(F)(F)F)c1. The van der Waals surface area contributed by atoms with Crippen LogP contribution >= 0.6 is 12.2 Å². The van der Waals surface area contributed by atoms with Gasteiger partial charge in [0.25, 0.3) is 0 Å². The fraction of sp³-hybridized carbons (Fsp3) is 0.435. The minimum absolute atomic E-state index is 0.0931. The van der Waals surface area contributed by atoms with Gasteiger partial charge in [-0.05, 0) is 60.1 Å². The van der Waals surface area contributed by atoms with Crippen LogP contribution in [-0.4, -0.2) is 57.6 Å². The molecule has 1 heterocycles. The molecule has 2 aromatic rings. The Balaban J connectivity index is 1.90. The highest BCUT2D eigenvalue weighted by Crippen LogP contribution is 2.39. The van der Waals surface area contributed by atoms with Gasteiger partial charge < -0.3 is 29.2 Å². The first-order chi connectivity index (χ1) is 15.8. The number of rotatable bonds is 8. The Labute approximate surface area is 196 Å². The second-order valence-corrected chi connectivity index (χ2v) is 7.81. The molecule has 0 radical (unpaired) electrons. The van der Waals surface area contributed by atoms with Gasteiger partial charge in [0.05, 0.1) is 32.4 Å². The molecule has 1 N–H and O–H groups in total. The Hall–Kier alpha value is -2.72. The van der Waals surface area contributed by atoms with Gasteiger partial charge in [-0.3, -0.25) is 0 Å². The Bertz CT molecular complexity index is 971. The second kappa shape index (κ2) is 10.9. The lowest BCUT2D eigenvalue weighted by Gasteiger charge is -2.39. The van der Waals surface area contributed by atoms with E-state index >= 15 is 0 Å². The number of hydrogen-bond donors (Lipinski definition) is 1. The molecule has 0 aromatic heterocycles. The summed E-state index contributed by atoms with van der Waals surface area (Å²) in [5.74, 6) is 1.30. The van der Waals surface area contributed by atoms with Gasteiger partial charge in [0.15, 0.2) is 16.6 Å². The van der Waals surface area contributed by atoms with Gasteiger partial charge >= 0.3 is 6.18 Å². The molecular formula is C23H27F3N2O4S. The third kappa shape index (κ3) is 6.00. The van der Waals surface area contributed by atoms with Gasteiger partial charge in [0, 0.05) is 20.2 Å². The van der Waals surface area contributed by atoms with Crippen LogP contribution in [-0.2, 0) is 17.3 Å². The third-order valence-electron chi connectivity index (χ3n) is 5.42. The number of nitrogens with zero attached hydrogens (tertiary/aromatic N) is 1. The molecule has 0 saturated heterocycles. The number of halogens is 3. The van der Waals surface area contributed by atoms with Crippen molar-refractivity contribution in [3.05, 3.63) is 53.1 Å². The van der Waals surface area contributed by atoms with Crippen LogP contribution in [0.15, 0.2) is 36.4 Å². The summed E-state index contributed by atoms with van der Waals surface area (Å²) in [6.45, 7) is 1.72. The maximum absolute atomic E-state index is 13.1. The smallest absolute Gasteiger partial charge is 0.416 e. The van der Waals surface area contributed by atoms with Crippen LogP contribution in [0, 0.1) is 0 Å². The number of alkyl halides is 3. The molecule has 6 nitrogen and oxygen atoms in total. The lowest BCUT2D eigenvalue weighted by atomic mass is 9.92. The molecule has 3 rings (SSSR count). The zero-order chi connectivity index (χ0) is 24.0. The molecule has 10 heteroatoms. The van der Waals surface area contributed by atoms with Crippen molar-refractivity contribution in [1.29, 1.82) is 0 Å². The molecule has 1 aliphatic heterocycles. The summed E-state index contributed by atoms with van der Waals surface area (Å²) in [7, 11) is 4.73. The number of fused-ring (bicyclic) bond motifs is 1. The van der Waals surface area contributed by atoms with Gasteiger partial charge in [0.2, 0.25) is 0 Å². The van der Waals surface area contributed by atoms with E-state index in [1.807, 2.05) is 17.0 Å². The monoisotopic (exact) mass is 484 g/mol. The Morgan fingerprint density at radius 3 is 2.52 bits per heavy atom. The molecule has 0 aliphatic carbocycles. The number of thiocarbonyl (C=S) groups is 1. The molecule has 0 amide bonds. The molecule has 0 saturated carbocycles. The van der Waals surface area contributed by atoms with Crippen molar-refractivity contribution in [3.8, 4) is 17.2 Å². The zero-order valence-corrected chi connectivity index (χ0v) is 19.5. The Morgan fingerprint density at radius 2 is 1.85 bits per heavy atom. The van der Waals surface area contributed by atoms with E-state index in [2.05, 4.69) is 5.32 Å². The minimum Gasteiger partial charge on any atom is -0.493 e. The van der Waals surface area contributed by atoms with Crippen molar-refractivity contribution in [2.45, 2.75) is 18.6 Å². The van der Waals surface area contributed by atoms with E-state index in [0.717, 1.165) is 23.3 Å². The number of hydrogen-bond acceptors (Lipinski definition) is 5. The van der Waals surface area contributed by atoms with Crippen LogP contribution in [0.3, 0.4) is 0 Å². The molecule has 33 heavy (non-hydrogen) atoms. The van der Waals surface area contributed by atoms with Crippen LogP contribution < -0.4 is 19.5 Å². The van der Waals surface area contributed by atoms with Gasteiger partial charge in [-0.1, -0.05) is 6.07 Å². The number of methoxy groups -OCH3 is 3. The molecule has 0 fully saturated rings. The largest absolute Gasteiger partial charge is 0.493 e. The van der Waals surface area contributed by atoms with Gasteiger partial charge in [-0.25, -0.2) is 0 Å². The summed E-state index contributed by atoms with van der Waals surface area (Å²) < 4.78 is 61.1. The predicted octanol–water partition coefficient (Wildman–Crippen LogP) is 4.22. The average Bonchev–Trinajstić information content (AvgIpc) is 2.81. The first-order valence-electron chi connectivity index (χ1n) is 10.4. The average molecular weight is 485 g/mol. The highest BCUT2D eigenvalue weighted by atomic mass is 32.1. The third-order valence-corrected chi connectivity index (χ3v) is 5.79. The van der Waals surface area contributed by atoms with Crippen molar-refractivity contribution in [2.24, 2.45) is 0 Å². The molecule has 0 spiro atoms. The van der Waals surface area contributed by atoms with Crippen molar-refractivity contribution in [1.82, 2.24) is 10.2 Å². The molecular weight excluding hydrogens is 457 g/mol. The highest BCUT2D eigenvalue weighted by molar-refractivity contribution is 7.80. The number of nitrogens with one attached hydrogen (secondary N) is 1. The van der Waals surface area contributed by atoms with E-state index in [4.69, 9.17) is 31.2 Å². The van der Waals surface area contributed by atoms with Gasteiger partial charge in [-0.2, -0.15) is 13.2 Å². The standard InChI is InChI=1S/C23H27F3N2O4S/c1-29-10-8-27-22(33)28-9-7-15-11-20(30-2)21(31-3)13-18(15)19(28)14-32-17-6-4-5-16(12-17)23(24,25)26/h4-6,11-13,19H,7-10,14H2,1-3H3,(H,27,33)/t19-/m1/s1. The Morgan fingerprint density at radius 1 is 1.12 bits per heavy atom. The highest BCUT2D eigenvalue weighted by Gasteiger charge is 2.33. The molecule has 1 atom stereocenters. The lowest BCUT2D eigenvalue weighted by Crippen LogP contribution is -2.47. The first-order valence-corrected chi connectivity index (χ1v) is 10.8. The predicted molar refractivity (Wildman–Crippen MR) is 122 cm³/mol. The summed E-state index contributed by atoms with van der Waals surface area (Å²) in [5.41, 5.74) is 1.20. The van der Waals surface area contributed by atoms with Gasteiger partial charge in [0.1, 0.15) is 12.4 Å². The number of benzene rings is 2. The van der Waals surface area contributed by atoms with Crippen LogP contribution in [0.4, 0.5) is 13.2 Å². The van der Waals surface area contributed by atoms with Crippen LogP contribution in [0.5, 0.6) is 17.2 Å². The fourth-order valence-corrected chi connectivity index (χ4v) is 4.07. The summed E-state index contributed by atoms with van der Waals surface area (Å²) in [5, 5.41) is 3.68. The molecule has 180 valence electrons. The lowest BCUT2D eigenvalue weighted by molar-refractivity contribution is -0.137. The maximum atomic E-state index is 13.1. The normalized spacial score (nSPS) is 15.6. The van der Waals surface area contributed by atoms with Crippen molar-refractivity contribution >= 4 is 17.3 Å². The minimum atomic E-state index is -4.44. The van der Waals surface area contributed by atoms with Crippen LogP contribution in [0.25, 0.3) is 0 Å². The number of ether oxygens (including phenoxy) is 4. The van der Waals surface area contributed by atoms with E-state index < -0.39 is 11.7 Å². The summed E-state index contributed by atoms with van der Waals surface area (Å²) >= 11 is 5.60. The summed E-state index contributed by atoms with van der Waals surface area (Å²) in [6, 6.07) is 8.30. The Kier molecular flexibility index (Phi) is 8.25. The first kappa shape index (κ1) is 24.9. The van der Waals surface area contributed by atoms with Crippen molar-refractivity contribution in [2.75, 3.05) is 47.6 Å². The molecule has 2 aromatic carbocycles. The fourth-order valence-electron chi connectivity index (χ4n) is 3.75. The maximum Gasteiger partial charge on any atom is 0.416 e. The molecule has 1 aliphatic rings. The van der Waals surface area contributed by atoms with Crippen LogP contribution in [0.2, 0.25) is 0 Å². The van der Waals surface area contributed by atoms with E-state index in [1.54, 1.807) is 21.3 Å². The van der Waals surface area contributed by atoms with Crippen molar-refractivity contribution < 1.29 is 32.1 Å². The quantitative estimate of drug-likeness (QED) is 0.445. The summed E-state index contributed by atoms with van der Waals surface area (Å²) in [4.78, 5) is 1.98. The van der Waals surface area contributed by atoms with E-state index in [-0.39, 0.29) is 18.4 Å². The topological polar surface area (TPSA) is 52.2 Å².